The van der Waals surface area contributed by atoms with Gasteiger partial charge in [0.25, 0.3) is 6.47 Å². The highest BCUT2D eigenvalue weighted by Crippen LogP contribution is 2.42. The maximum atomic E-state index is 11.9. The minimum atomic E-state index is -0.862. The summed E-state index contributed by atoms with van der Waals surface area (Å²) < 4.78 is 7.95. The predicted octanol–water partition coefficient (Wildman–Crippen LogP) is 3.73. The van der Waals surface area contributed by atoms with E-state index in [0.717, 1.165) is 42.6 Å². The number of carboxylic acids is 1. The molecule has 0 saturated heterocycles. The molecule has 0 bridgehead atoms. The standard InChI is InChI=1S/C28H30N6O3.CH2O2/c1-28(2)16-34(15-19-5-4-10-29-27(19)37-28)24-9-8-17-6-7-18(11-21(17)24)20(12-26(35)36)22-13-23-25(14-30-22)33(3)32-31-23;2-1-3/h4-7,10-11,13-14,20,24H,8-9,12,15-16H2,1-3H3,(H,35,36);1H,(H,2,3). The monoisotopic (exact) mass is 544 g/mol. The van der Waals surface area contributed by atoms with Crippen LogP contribution in [0.4, 0.5) is 0 Å². The molecule has 2 atom stereocenters. The van der Waals surface area contributed by atoms with Crippen LogP contribution >= 0.6 is 0 Å². The quantitative estimate of drug-likeness (QED) is 0.357. The molecule has 2 aliphatic rings. The molecule has 40 heavy (non-hydrogen) atoms. The van der Waals surface area contributed by atoms with Crippen molar-refractivity contribution < 1.29 is 24.5 Å². The molecule has 0 spiro atoms. The van der Waals surface area contributed by atoms with E-state index >= 15 is 0 Å². The molecule has 3 aromatic heterocycles. The normalized spacial score (nSPS) is 18.4. The number of nitrogens with zero attached hydrogens (tertiary/aromatic N) is 6. The number of hydrogen-bond donors (Lipinski definition) is 2. The van der Waals surface area contributed by atoms with E-state index in [1.807, 2.05) is 19.2 Å². The second kappa shape index (κ2) is 11.0. The van der Waals surface area contributed by atoms with Gasteiger partial charge in [0.15, 0.2) is 0 Å². The summed E-state index contributed by atoms with van der Waals surface area (Å²) in [6, 6.07) is 12.5. The minimum Gasteiger partial charge on any atom is -0.483 e. The number of aliphatic carboxylic acids is 1. The summed E-state index contributed by atoms with van der Waals surface area (Å²) in [5, 5.41) is 24.9. The van der Waals surface area contributed by atoms with Gasteiger partial charge in [-0.2, -0.15) is 0 Å². The number of ether oxygens (including phenoxy) is 1. The molecular formula is C29H32N6O5. The van der Waals surface area contributed by atoms with Gasteiger partial charge in [0.1, 0.15) is 16.6 Å². The van der Waals surface area contributed by atoms with Gasteiger partial charge in [-0.25, -0.2) is 9.67 Å². The van der Waals surface area contributed by atoms with Crippen molar-refractivity contribution in [3.05, 3.63) is 76.7 Å². The van der Waals surface area contributed by atoms with Crippen molar-refractivity contribution in [3.8, 4) is 5.88 Å². The maximum Gasteiger partial charge on any atom is 0.304 e. The number of rotatable bonds is 5. The number of benzene rings is 1. The molecular weight excluding hydrogens is 512 g/mol. The van der Waals surface area contributed by atoms with Gasteiger partial charge < -0.3 is 14.9 Å². The molecule has 11 nitrogen and oxygen atoms in total. The summed E-state index contributed by atoms with van der Waals surface area (Å²) in [4.78, 5) is 31.9. The van der Waals surface area contributed by atoms with Crippen LogP contribution in [0, 0.1) is 0 Å². The lowest BCUT2D eigenvalue weighted by atomic mass is 9.89. The van der Waals surface area contributed by atoms with Gasteiger partial charge in [-0.1, -0.05) is 29.5 Å². The molecule has 208 valence electrons. The topological polar surface area (TPSA) is 144 Å². The fourth-order valence-corrected chi connectivity index (χ4v) is 5.81. The second-order valence-corrected chi connectivity index (χ2v) is 10.8. The summed E-state index contributed by atoms with van der Waals surface area (Å²) in [5.41, 5.74) is 6.44. The van der Waals surface area contributed by atoms with Crippen LogP contribution in [0.15, 0.2) is 48.8 Å². The SMILES string of the molecule is Cn1nnc2cc(C(CC(=O)O)c3ccc4c(c3)C(N3Cc5cccnc5OC(C)(C)C3)CC4)ncc21.O=CO. The van der Waals surface area contributed by atoms with E-state index in [-0.39, 0.29) is 30.5 Å². The first-order valence-corrected chi connectivity index (χ1v) is 13.1. The third kappa shape index (κ3) is 5.50. The number of carboxylic acid groups (broad SMARTS) is 2. The fraction of sp³-hybridized carbons (Fsp3) is 0.379. The Bertz CT molecular complexity index is 1550. The largest absolute Gasteiger partial charge is 0.483 e. The molecule has 2 unspecified atom stereocenters. The highest BCUT2D eigenvalue weighted by atomic mass is 16.5. The lowest BCUT2D eigenvalue weighted by molar-refractivity contribution is -0.137. The van der Waals surface area contributed by atoms with E-state index in [1.165, 1.54) is 11.1 Å². The number of carbonyl (C=O) groups is 2. The first-order chi connectivity index (χ1) is 19.2. The molecule has 1 aromatic carbocycles. The minimum absolute atomic E-state index is 0.0497. The van der Waals surface area contributed by atoms with Crippen LogP contribution in [0.25, 0.3) is 11.0 Å². The first-order valence-electron chi connectivity index (χ1n) is 13.1. The van der Waals surface area contributed by atoms with E-state index in [4.69, 9.17) is 14.6 Å². The van der Waals surface area contributed by atoms with Gasteiger partial charge in [0.2, 0.25) is 5.88 Å². The molecule has 0 saturated carbocycles. The van der Waals surface area contributed by atoms with E-state index in [2.05, 4.69) is 63.3 Å². The Morgan fingerprint density at radius 3 is 2.80 bits per heavy atom. The van der Waals surface area contributed by atoms with Crippen LogP contribution in [0.5, 0.6) is 5.88 Å². The van der Waals surface area contributed by atoms with Crippen molar-refractivity contribution in [2.75, 3.05) is 6.54 Å². The van der Waals surface area contributed by atoms with Crippen LogP contribution in [0.1, 0.15) is 66.6 Å². The third-order valence-corrected chi connectivity index (χ3v) is 7.49. The van der Waals surface area contributed by atoms with Gasteiger partial charge in [0.05, 0.1) is 18.3 Å². The maximum absolute atomic E-state index is 11.9. The van der Waals surface area contributed by atoms with E-state index in [9.17, 15) is 9.90 Å². The van der Waals surface area contributed by atoms with Crippen molar-refractivity contribution in [3.63, 3.8) is 0 Å². The Kier molecular flexibility index (Phi) is 7.49. The smallest absolute Gasteiger partial charge is 0.304 e. The van der Waals surface area contributed by atoms with Crippen LogP contribution in [-0.4, -0.2) is 64.7 Å². The first kappa shape index (κ1) is 27.2. The number of hydrogen-bond acceptors (Lipinski definition) is 8. The van der Waals surface area contributed by atoms with Crippen LogP contribution in [-0.2, 0) is 29.6 Å². The molecule has 11 heteroatoms. The van der Waals surface area contributed by atoms with Crippen LogP contribution < -0.4 is 4.74 Å². The Morgan fingerprint density at radius 1 is 1.23 bits per heavy atom. The molecule has 4 aromatic rings. The van der Waals surface area contributed by atoms with Gasteiger partial charge in [-0.15, -0.1) is 5.10 Å². The highest BCUT2D eigenvalue weighted by molar-refractivity contribution is 5.74. The molecule has 0 amide bonds. The lowest BCUT2D eigenvalue weighted by Gasteiger charge is -2.33. The zero-order valence-corrected chi connectivity index (χ0v) is 22.7. The van der Waals surface area contributed by atoms with E-state index in [0.29, 0.717) is 17.1 Å². The van der Waals surface area contributed by atoms with Gasteiger partial charge in [0, 0.05) is 43.9 Å². The summed E-state index contributed by atoms with van der Waals surface area (Å²) in [7, 11) is 1.82. The van der Waals surface area contributed by atoms with Crippen molar-refractivity contribution in [2.24, 2.45) is 7.05 Å². The Morgan fingerprint density at radius 2 is 2.02 bits per heavy atom. The van der Waals surface area contributed by atoms with Crippen molar-refractivity contribution >= 4 is 23.5 Å². The predicted molar refractivity (Wildman–Crippen MR) is 146 cm³/mol. The van der Waals surface area contributed by atoms with Gasteiger partial charge >= 0.3 is 5.97 Å². The molecule has 1 aliphatic heterocycles. The molecule has 0 fully saturated rings. The number of aryl methyl sites for hydroxylation is 2. The third-order valence-electron chi connectivity index (χ3n) is 7.49. The molecule has 6 rings (SSSR count). The Labute approximate surface area is 231 Å². The van der Waals surface area contributed by atoms with Gasteiger partial charge in [-0.3, -0.25) is 19.5 Å². The summed E-state index contributed by atoms with van der Waals surface area (Å²) in [5.74, 6) is -0.545. The summed E-state index contributed by atoms with van der Waals surface area (Å²) >= 11 is 0. The molecule has 0 radical (unpaired) electrons. The summed E-state index contributed by atoms with van der Waals surface area (Å²) in [6.07, 6.45) is 5.45. The van der Waals surface area contributed by atoms with Crippen LogP contribution in [0.3, 0.4) is 0 Å². The van der Waals surface area contributed by atoms with Crippen molar-refractivity contribution in [1.82, 2.24) is 29.9 Å². The molecule has 2 N–H and O–H groups in total. The highest BCUT2D eigenvalue weighted by Gasteiger charge is 2.36. The summed E-state index contributed by atoms with van der Waals surface area (Å²) in [6.45, 7) is 5.48. The number of aromatic nitrogens is 5. The fourth-order valence-electron chi connectivity index (χ4n) is 5.81. The molecule has 1 aliphatic carbocycles. The zero-order valence-electron chi connectivity index (χ0n) is 22.7. The van der Waals surface area contributed by atoms with E-state index < -0.39 is 5.97 Å². The van der Waals surface area contributed by atoms with Gasteiger partial charge in [-0.05, 0) is 55.5 Å². The van der Waals surface area contributed by atoms with Crippen LogP contribution in [0.2, 0.25) is 0 Å². The molecule has 4 heterocycles. The Balaban J connectivity index is 0.00000103. The Hall–Kier alpha value is -4.38. The van der Waals surface area contributed by atoms with Crippen molar-refractivity contribution in [2.45, 2.75) is 57.2 Å². The lowest BCUT2D eigenvalue weighted by Crippen LogP contribution is -2.41. The zero-order chi connectivity index (χ0) is 28.4. The number of pyridine rings is 2. The van der Waals surface area contributed by atoms with E-state index in [1.54, 1.807) is 17.1 Å². The average Bonchev–Trinajstić information content (AvgIpc) is 3.47. The number of fused-ring (bicyclic) bond motifs is 3. The second-order valence-electron chi connectivity index (χ2n) is 10.8. The average molecular weight is 545 g/mol. The van der Waals surface area contributed by atoms with Crippen molar-refractivity contribution in [1.29, 1.82) is 0 Å².